The number of fused-ring (bicyclic) bond motifs is 1. The van der Waals surface area contributed by atoms with Crippen molar-refractivity contribution in [2.45, 2.75) is 26.7 Å². The maximum absolute atomic E-state index is 5.99. The second kappa shape index (κ2) is 3.99. The van der Waals surface area contributed by atoms with Gasteiger partial charge in [0.25, 0.3) is 0 Å². The maximum atomic E-state index is 5.99. The van der Waals surface area contributed by atoms with Crippen molar-refractivity contribution < 1.29 is 0 Å². The number of thiophene rings is 2. The molecule has 0 amide bonds. The van der Waals surface area contributed by atoms with Gasteiger partial charge >= 0.3 is 0 Å². The average molecular weight is 285 g/mol. The number of aryl methyl sites for hydroxylation is 2. The normalized spacial score (nSPS) is 11.4. The Morgan fingerprint density at radius 3 is 2.21 bits per heavy atom. The van der Waals surface area contributed by atoms with Crippen molar-refractivity contribution in [3.63, 3.8) is 0 Å². The van der Waals surface area contributed by atoms with E-state index in [9.17, 15) is 0 Å². The van der Waals surface area contributed by atoms with Gasteiger partial charge in [-0.05, 0) is 44.7 Å². The third kappa shape index (κ3) is 1.48. The van der Waals surface area contributed by atoms with Gasteiger partial charge in [0.15, 0.2) is 0 Å². The summed E-state index contributed by atoms with van der Waals surface area (Å²) in [6.45, 7) is 4.35. The summed E-state index contributed by atoms with van der Waals surface area (Å²) in [5.41, 5.74) is 2.75. The summed E-state index contributed by atoms with van der Waals surface area (Å²) < 4.78 is 5.05. The van der Waals surface area contributed by atoms with Gasteiger partial charge in [0.2, 0.25) is 0 Å². The molecule has 0 aliphatic carbocycles. The first-order valence-electron chi connectivity index (χ1n) is 4.67. The van der Waals surface area contributed by atoms with Gasteiger partial charge in [-0.3, -0.25) is 0 Å². The highest BCUT2D eigenvalue weighted by Crippen LogP contribution is 2.40. The quantitative estimate of drug-likeness (QED) is 0.739. The van der Waals surface area contributed by atoms with Crippen molar-refractivity contribution in [3.8, 4) is 0 Å². The second-order valence-electron chi connectivity index (χ2n) is 3.16. The van der Waals surface area contributed by atoms with E-state index in [2.05, 4.69) is 29.8 Å². The first-order chi connectivity index (χ1) is 6.69. The molecule has 0 fully saturated rings. The zero-order valence-electron chi connectivity index (χ0n) is 8.19. The minimum absolute atomic E-state index is 0.996. The van der Waals surface area contributed by atoms with Crippen LogP contribution in [0.2, 0.25) is 0 Å². The van der Waals surface area contributed by atoms with Crippen LogP contribution >= 0.6 is 38.6 Å². The minimum Gasteiger partial charge on any atom is -0.150 e. The topological polar surface area (TPSA) is 0 Å². The van der Waals surface area contributed by atoms with E-state index in [4.69, 9.17) is 7.85 Å². The molecule has 14 heavy (non-hydrogen) atoms. The van der Waals surface area contributed by atoms with E-state index in [0.29, 0.717) is 0 Å². The summed E-state index contributed by atoms with van der Waals surface area (Å²) in [5, 5.41) is 0. The van der Waals surface area contributed by atoms with Crippen LogP contribution in [-0.4, -0.2) is 7.85 Å². The summed E-state index contributed by atoms with van der Waals surface area (Å²) >= 11 is 7.18. The lowest BCUT2D eigenvalue weighted by Crippen LogP contribution is -2.00. The summed E-state index contributed by atoms with van der Waals surface area (Å²) in [5.74, 6) is 0. The fraction of sp³-hybridized carbons (Fsp3) is 0.400. The highest BCUT2D eigenvalue weighted by Gasteiger charge is 2.15. The minimum atomic E-state index is 0.996. The molecule has 4 heteroatoms. The number of hydrogen-bond acceptors (Lipinski definition) is 2. The Morgan fingerprint density at radius 1 is 1.07 bits per heavy atom. The van der Waals surface area contributed by atoms with Crippen molar-refractivity contribution in [1.82, 2.24) is 0 Å². The van der Waals surface area contributed by atoms with Gasteiger partial charge in [0.1, 0.15) is 7.85 Å². The van der Waals surface area contributed by atoms with Crippen LogP contribution in [-0.2, 0) is 12.8 Å². The van der Waals surface area contributed by atoms with E-state index >= 15 is 0 Å². The van der Waals surface area contributed by atoms with Gasteiger partial charge in [-0.2, -0.15) is 11.3 Å². The summed E-state index contributed by atoms with van der Waals surface area (Å²) in [7, 11) is 5.99. The summed E-state index contributed by atoms with van der Waals surface area (Å²) in [6, 6.07) is 0. The molecule has 0 spiro atoms. The molecule has 0 saturated carbocycles. The van der Waals surface area contributed by atoms with Crippen LogP contribution in [0.4, 0.5) is 0 Å². The Balaban J connectivity index is 2.78. The number of rotatable bonds is 2. The van der Waals surface area contributed by atoms with E-state index < -0.39 is 0 Å². The fourth-order valence-electron chi connectivity index (χ4n) is 1.65. The fourth-order valence-corrected chi connectivity index (χ4v) is 5.44. The van der Waals surface area contributed by atoms with Crippen LogP contribution in [0.5, 0.6) is 0 Å². The highest BCUT2D eigenvalue weighted by molar-refractivity contribution is 9.11. The Morgan fingerprint density at radius 2 is 1.64 bits per heavy atom. The number of hydrogen-bond donors (Lipinski definition) is 0. The molecule has 2 radical (unpaired) electrons. The second-order valence-corrected chi connectivity index (χ2v) is 6.56. The predicted molar refractivity (Wildman–Crippen MR) is 71.5 cm³/mol. The molecular formula is C10H10BBrS2. The van der Waals surface area contributed by atoms with E-state index in [0.717, 1.165) is 17.6 Å². The molecule has 2 rings (SSSR count). The van der Waals surface area contributed by atoms with Gasteiger partial charge in [-0.1, -0.05) is 13.8 Å². The van der Waals surface area contributed by atoms with Crippen LogP contribution in [0, 0.1) is 0 Å². The van der Waals surface area contributed by atoms with Crippen LogP contribution in [0.25, 0.3) is 9.40 Å². The molecule has 0 bridgehead atoms. The zero-order chi connectivity index (χ0) is 10.3. The molecule has 0 unspecified atom stereocenters. The molecule has 0 aliphatic rings. The highest BCUT2D eigenvalue weighted by atomic mass is 79.9. The molecule has 2 aromatic heterocycles. The Labute approximate surface area is 102 Å². The monoisotopic (exact) mass is 284 g/mol. The average Bonchev–Trinajstić information content (AvgIpc) is 2.58. The van der Waals surface area contributed by atoms with Crippen molar-refractivity contribution in [2.75, 3.05) is 0 Å². The van der Waals surface area contributed by atoms with Crippen LogP contribution in [0.15, 0.2) is 3.79 Å². The Hall–Kier alpha value is 0.205. The van der Waals surface area contributed by atoms with Crippen molar-refractivity contribution in [3.05, 3.63) is 14.9 Å². The molecule has 2 heterocycles. The van der Waals surface area contributed by atoms with Crippen molar-refractivity contribution in [1.29, 1.82) is 0 Å². The smallest absolute Gasteiger partial charge is 0.129 e. The standard InChI is InChI=1S/C10H10BBrS2/c1-3-5-7-8(13-9(5)11)6(4-2)10(12)14-7/h3-4H2,1-2H3. The molecule has 0 aliphatic heterocycles. The lowest BCUT2D eigenvalue weighted by Gasteiger charge is -1.92. The molecule has 0 saturated heterocycles. The third-order valence-corrected chi connectivity index (χ3v) is 5.69. The third-order valence-electron chi connectivity index (χ3n) is 2.40. The largest absolute Gasteiger partial charge is 0.150 e. The van der Waals surface area contributed by atoms with Gasteiger partial charge in [-0.15, -0.1) is 11.3 Å². The summed E-state index contributed by atoms with van der Waals surface area (Å²) in [6.07, 6.45) is 2.10. The first kappa shape index (κ1) is 10.7. The maximum Gasteiger partial charge on any atom is 0.129 e. The zero-order valence-corrected chi connectivity index (χ0v) is 11.4. The molecule has 0 N–H and O–H groups in total. The molecule has 0 aromatic carbocycles. The van der Waals surface area contributed by atoms with E-state index in [1.807, 2.05) is 11.3 Å². The lowest BCUT2D eigenvalue weighted by atomic mass is 10.0. The van der Waals surface area contributed by atoms with E-state index in [1.54, 1.807) is 11.3 Å². The lowest BCUT2D eigenvalue weighted by molar-refractivity contribution is 1.16. The SMILES string of the molecule is [B]c1sc2c(CC)c(Br)sc2c1CC. The van der Waals surface area contributed by atoms with Crippen molar-refractivity contribution >= 4 is 60.6 Å². The van der Waals surface area contributed by atoms with Crippen molar-refractivity contribution in [2.24, 2.45) is 0 Å². The Kier molecular flexibility index (Phi) is 3.05. The van der Waals surface area contributed by atoms with Gasteiger partial charge < -0.3 is 0 Å². The van der Waals surface area contributed by atoms with Crippen LogP contribution in [0.1, 0.15) is 25.0 Å². The van der Waals surface area contributed by atoms with Crippen LogP contribution < -0.4 is 4.78 Å². The van der Waals surface area contributed by atoms with E-state index in [1.165, 1.54) is 24.3 Å². The van der Waals surface area contributed by atoms with E-state index in [-0.39, 0.29) is 0 Å². The van der Waals surface area contributed by atoms with Gasteiger partial charge in [0, 0.05) is 9.40 Å². The molecule has 0 nitrogen and oxygen atoms in total. The van der Waals surface area contributed by atoms with Gasteiger partial charge in [-0.25, -0.2) is 0 Å². The van der Waals surface area contributed by atoms with Crippen LogP contribution in [0.3, 0.4) is 0 Å². The molecule has 2 aromatic rings. The first-order valence-corrected chi connectivity index (χ1v) is 7.09. The molecular weight excluding hydrogens is 275 g/mol. The van der Waals surface area contributed by atoms with Gasteiger partial charge in [0.05, 0.1) is 3.79 Å². The predicted octanol–water partition coefficient (Wildman–Crippen LogP) is 3.64. The molecule has 0 atom stereocenters. The molecule has 72 valence electrons. The number of halogens is 1. The Bertz CT molecular complexity index is 426. The summed E-state index contributed by atoms with van der Waals surface area (Å²) in [4.78, 5) is 0.